The summed E-state index contributed by atoms with van der Waals surface area (Å²) in [5.74, 6) is 0. The summed E-state index contributed by atoms with van der Waals surface area (Å²) >= 11 is 0. The summed E-state index contributed by atoms with van der Waals surface area (Å²) in [7, 11) is 0. The van der Waals surface area contributed by atoms with E-state index in [0.717, 1.165) is 0 Å². The second-order valence-corrected chi connectivity index (χ2v) is 0. The van der Waals surface area contributed by atoms with Gasteiger partial charge in [0.05, 0.1) is 0 Å². The van der Waals surface area contributed by atoms with E-state index in [9.17, 15) is 0 Å². The third kappa shape index (κ3) is 464. The minimum atomic E-state index is 0. The molecule has 13 heavy (non-hydrogen) atoms. The van der Waals surface area contributed by atoms with Crippen LogP contribution in [-0.4, -0.2) is 40.7 Å². The smallest absolute Gasteiger partial charge is 0.106 e. The molecular weight excluding hydrogens is 354 g/mol. The average molecular weight is 366 g/mol. The van der Waals surface area contributed by atoms with Crippen molar-refractivity contribution in [3.05, 3.63) is 0 Å². The van der Waals surface area contributed by atoms with Crippen molar-refractivity contribution >= 4 is 40.7 Å². The third-order valence-corrected chi connectivity index (χ3v) is 0. The van der Waals surface area contributed by atoms with Gasteiger partial charge >= 0.3 is 0 Å². The molecule has 0 amide bonds. The molecule has 0 fully saturated rings. The van der Waals surface area contributed by atoms with Crippen molar-refractivity contribution in [2.75, 3.05) is 0 Å². The Morgan fingerprint density at radius 3 is 0.308 bits per heavy atom. The van der Waals surface area contributed by atoms with Gasteiger partial charge < -0.3 is 28.8 Å². The first-order valence-electron chi connectivity index (χ1n) is 1.73. The molecule has 0 spiro atoms. The zero-order chi connectivity index (χ0) is 12.0. The Balaban J connectivity index is -0.00000000655. The van der Waals surface area contributed by atoms with E-state index in [1.165, 1.54) is 0 Å². The van der Waals surface area contributed by atoms with Crippen molar-refractivity contribution in [2.24, 2.45) is 0 Å². The van der Waals surface area contributed by atoms with Crippen LogP contribution in [0.2, 0.25) is 0 Å². The first-order valence-corrected chi connectivity index (χ1v) is 1.73. The van der Waals surface area contributed by atoms with Crippen LogP contribution in [0.5, 0.6) is 0 Å². The second-order valence-electron chi connectivity index (χ2n) is 0. The zero-order valence-electron chi connectivity index (χ0n) is 7.07. The first-order chi connectivity index (χ1) is 6.00. The maximum atomic E-state index is 8.00. The van der Waals surface area contributed by atoms with Crippen LogP contribution in [0.4, 0.5) is 0 Å². The van der Waals surface area contributed by atoms with Gasteiger partial charge in [0.25, 0.3) is 0 Å². The monoisotopic (exact) mass is 367 g/mol. The number of hydrogen-bond acceptors (Lipinski definition) is 6. The third-order valence-electron chi connectivity index (χ3n) is 0. The van der Waals surface area contributed by atoms with Crippen LogP contribution in [0.3, 0.4) is 0 Å². The maximum Gasteiger partial charge on any atom is 0.106 e. The van der Waals surface area contributed by atoms with Crippen LogP contribution < -0.4 is 0 Å². The van der Waals surface area contributed by atoms with Gasteiger partial charge in [-0.1, -0.05) is 0 Å². The molecule has 0 N–H and O–H groups in total. The van der Waals surface area contributed by atoms with Crippen molar-refractivity contribution in [1.82, 2.24) is 0 Å². The van der Waals surface area contributed by atoms with E-state index >= 15 is 0 Å². The molecule has 7 heteroatoms. The molecule has 0 saturated heterocycles. The van der Waals surface area contributed by atoms with Crippen LogP contribution in [0.1, 0.15) is 0 Å². The predicted molar refractivity (Wildman–Crippen MR) is 42.7 cm³/mol. The summed E-state index contributed by atoms with van der Waals surface area (Å²) in [6.45, 7) is 12.0. The van der Waals surface area contributed by atoms with E-state index in [1.54, 1.807) is 0 Å². The summed E-state index contributed by atoms with van der Waals surface area (Å²) in [4.78, 5) is 48.0. The molecule has 0 aromatic rings. The van der Waals surface area contributed by atoms with Gasteiger partial charge in [0, 0.05) is 20.4 Å². The van der Waals surface area contributed by atoms with Crippen molar-refractivity contribution in [1.29, 1.82) is 0 Å². The molecule has 6 nitrogen and oxygen atoms in total. The normalized spacial score (nSPS) is 1.85. The van der Waals surface area contributed by atoms with E-state index in [-0.39, 0.29) is 20.4 Å². The van der Waals surface area contributed by atoms with Gasteiger partial charge in [0.15, 0.2) is 0 Å². The van der Waals surface area contributed by atoms with Crippen molar-refractivity contribution < 1.29 is 49.2 Å². The Hall–Kier alpha value is -1.32. The quantitative estimate of drug-likeness (QED) is 0.539. The molecule has 0 aromatic carbocycles. The number of carbonyl (C=O) groups is 6. The number of carbonyl (C=O) groups excluding carboxylic acids is 6. The summed E-state index contributed by atoms with van der Waals surface area (Å²) in [5, 5.41) is 0. The molecule has 0 heterocycles. The summed E-state index contributed by atoms with van der Waals surface area (Å²) in [6.07, 6.45) is 0. The fourth-order valence-corrected chi connectivity index (χ4v) is 0. The van der Waals surface area contributed by atoms with Crippen LogP contribution in [0, 0.1) is 0 Å². The van der Waals surface area contributed by atoms with Gasteiger partial charge in [-0.2, -0.15) is 0 Å². The molecule has 0 saturated carbocycles. The SMILES string of the molecule is C=O.C=O.C=O.C=O.C=O.C=O.[Re]. The minimum Gasteiger partial charge on any atom is -0.307 e. The van der Waals surface area contributed by atoms with Gasteiger partial charge in [-0.25, -0.2) is 0 Å². The van der Waals surface area contributed by atoms with Crippen LogP contribution in [-0.2, 0) is 49.2 Å². The van der Waals surface area contributed by atoms with Gasteiger partial charge in [-0.3, -0.25) is 0 Å². The Kier molecular flexibility index (Phi) is 2700. The number of hydrogen-bond donors (Lipinski definition) is 0. The first kappa shape index (κ1) is 60.8. The van der Waals surface area contributed by atoms with E-state index in [1.807, 2.05) is 40.7 Å². The minimum absolute atomic E-state index is 0. The molecule has 0 unspecified atom stereocenters. The molecule has 0 aliphatic rings. The molecule has 0 aromatic heterocycles. The summed E-state index contributed by atoms with van der Waals surface area (Å²) in [5.41, 5.74) is 0. The molecular formula is C6H12O6Re. The fraction of sp³-hybridized carbons (Fsp3) is 0. The van der Waals surface area contributed by atoms with Crippen molar-refractivity contribution in [3.8, 4) is 0 Å². The average Bonchev–Trinajstić information content (AvgIpc) is 2.33. The fourth-order valence-electron chi connectivity index (χ4n) is 0. The van der Waals surface area contributed by atoms with Crippen LogP contribution >= 0.6 is 0 Å². The van der Waals surface area contributed by atoms with Gasteiger partial charge in [0.1, 0.15) is 40.7 Å². The largest absolute Gasteiger partial charge is 0.307 e. The second kappa shape index (κ2) is 577. The Morgan fingerprint density at radius 2 is 0.308 bits per heavy atom. The summed E-state index contributed by atoms with van der Waals surface area (Å²) in [6, 6.07) is 0. The molecule has 1 radical (unpaired) electrons. The Labute approximate surface area is 90.3 Å². The van der Waals surface area contributed by atoms with E-state index in [2.05, 4.69) is 0 Å². The van der Waals surface area contributed by atoms with E-state index in [4.69, 9.17) is 28.8 Å². The maximum absolute atomic E-state index is 8.00. The van der Waals surface area contributed by atoms with Gasteiger partial charge in [-0.15, -0.1) is 0 Å². The molecule has 0 rings (SSSR count). The standard InChI is InChI=1S/6CH2O.Re/c6*1-2;/h6*1H2;. The van der Waals surface area contributed by atoms with E-state index in [0.29, 0.717) is 0 Å². The van der Waals surface area contributed by atoms with Crippen LogP contribution in [0.15, 0.2) is 0 Å². The zero-order valence-corrected chi connectivity index (χ0v) is 9.79. The van der Waals surface area contributed by atoms with Crippen LogP contribution in [0.25, 0.3) is 0 Å². The molecule has 0 atom stereocenters. The van der Waals surface area contributed by atoms with Gasteiger partial charge in [0.2, 0.25) is 0 Å². The van der Waals surface area contributed by atoms with E-state index < -0.39 is 0 Å². The topological polar surface area (TPSA) is 102 Å². The molecule has 0 aliphatic heterocycles. The molecule has 0 aliphatic carbocycles. The summed E-state index contributed by atoms with van der Waals surface area (Å²) < 4.78 is 0. The molecule has 0 bridgehead atoms. The number of rotatable bonds is 0. The predicted octanol–water partition coefficient (Wildman–Crippen LogP) is -1.11. The Morgan fingerprint density at radius 1 is 0.308 bits per heavy atom. The molecule has 79 valence electrons. The van der Waals surface area contributed by atoms with Crippen molar-refractivity contribution in [3.63, 3.8) is 0 Å². The Bertz CT molecular complexity index is 32.6. The van der Waals surface area contributed by atoms with Gasteiger partial charge in [-0.05, 0) is 0 Å². The van der Waals surface area contributed by atoms with Crippen molar-refractivity contribution in [2.45, 2.75) is 0 Å².